The number of rotatable bonds is 7. The Morgan fingerprint density at radius 1 is 1.06 bits per heavy atom. The number of amides is 1. The molecule has 0 atom stereocenters. The Labute approximate surface area is 206 Å². The van der Waals surface area contributed by atoms with Crippen LogP contribution < -0.4 is 5.32 Å². The molecule has 0 radical (unpaired) electrons. The maximum atomic E-state index is 13.0. The lowest BCUT2D eigenvalue weighted by molar-refractivity contribution is 0.0952. The average molecular weight is 466 g/mol. The summed E-state index contributed by atoms with van der Waals surface area (Å²) < 4.78 is 2.23. The lowest BCUT2D eigenvalue weighted by Gasteiger charge is -2.28. The van der Waals surface area contributed by atoms with E-state index in [1.54, 1.807) is 6.07 Å². The van der Waals surface area contributed by atoms with Gasteiger partial charge in [0.1, 0.15) is 5.75 Å². The first kappa shape index (κ1) is 22.9. The molecule has 5 rings (SSSR count). The van der Waals surface area contributed by atoms with E-state index >= 15 is 0 Å². The van der Waals surface area contributed by atoms with Crippen LogP contribution in [-0.2, 0) is 26.6 Å². The van der Waals surface area contributed by atoms with Gasteiger partial charge in [0.05, 0.1) is 0 Å². The molecule has 0 unspecified atom stereocenters. The van der Waals surface area contributed by atoms with Crippen molar-refractivity contribution in [3.05, 3.63) is 107 Å². The van der Waals surface area contributed by atoms with Crippen molar-refractivity contribution < 1.29 is 9.90 Å². The molecule has 2 heterocycles. The minimum absolute atomic E-state index is 0.0218. The lowest BCUT2D eigenvalue weighted by Crippen LogP contribution is -2.32. The molecule has 35 heavy (non-hydrogen) atoms. The molecule has 2 N–H and O–H groups in total. The summed E-state index contributed by atoms with van der Waals surface area (Å²) in [5.41, 5.74) is 6.71. The van der Waals surface area contributed by atoms with Crippen LogP contribution >= 0.6 is 0 Å². The second-order valence-corrected chi connectivity index (χ2v) is 9.16. The van der Waals surface area contributed by atoms with Crippen molar-refractivity contribution in [3.8, 4) is 5.75 Å². The van der Waals surface area contributed by atoms with Gasteiger partial charge < -0.3 is 15.0 Å². The number of nitrogens with one attached hydrogen (secondary N) is 1. The predicted molar refractivity (Wildman–Crippen MR) is 141 cm³/mol. The van der Waals surface area contributed by atoms with E-state index in [9.17, 15) is 9.90 Å². The number of fused-ring (bicyclic) bond motifs is 3. The van der Waals surface area contributed by atoms with Gasteiger partial charge >= 0.3 is 0 Å². The smallest absolute Gasteiger partial charge is 0.251 e. The van der Waals surface area contributed by atoms with Crippen molar-refractivity contribution >= 4 is 22.9 Å². The van der Waals surface area contributed by atoms with E-state index in [2.05, 4.69) is 52.2 Å². The van der Waals surface area contributed by atoms with E-state index in [-0.39, 0.29) is 5.91 Å². The number of carbonyl (C=O) groups excluding carboxylic acids is 1. The van der Waals surface area contributed by atoms with E-state index < -0.39 is 0 Å². The van der Waals surface area contributed by atoms with Gasteiger partial charge in [-0.3, -0.25) is 9.69 Å². The summed E-state index contributed by atoms with van der Waals surface area (Å²) in [4.78, 5) is 15.4. The Morgan fingerprint density at radius 3 is 2.71 bits per heavy atom. The Morgan fingerprint density at radius 2 is 1.86 bits per heavy atom. The van der Waals surface area contributed by atoms with E-state index in [0.29, 0.717) is 12.3 Å². The number of aromatic hydroxyl groups is 1. The molecule has 1 aliphatic heterocycles. The van der Waals surface area contributed by atoms with E-state index in [1.807, 2.05) is 48.5 Å². The molecule has 0 aliphatic carbocycles. The largest absolute Gasteiger partial charge is 0.508 e. The summed E-state index contributed by atoms with van der Waals surface area (Å²) in [6.07, 6.45) is 5.89. The molecule has 1 amide bonds. The van der Waals surface area contributed by atoms with Gasteiger partial charge in [0.15, 0.2) is 0 Å². The fraction of sp³-hybridized carbons (Fsp3) is 0.233. The van der Waals surface area contributed by atoms with Crippen LogP contribution in [0.2, 0.25) is 0 Å². The van der Waals surface area contributed by atoms with E-state index in [4.69, 9.17) is 0 Å². The van der Waals surface area contributed by atoms with Gasteiger partial charge in [0, 0.05) is 55.4 Å². The Bertz CT molecular complexity index is 1370. The number of phenolic OH excluding ortho intramolecular Hbond substituents is 1. The first-order valence-electron chi connectivity index (χ1n) is 12.2. The molecule has 0 saturated carbocycles. The van der Waals surface area contributed by atoms with Crippen LogP contribution in [0.5, 0.6) is 5.75 Å². The summed E-state index contributed by atoms with van der Waals surface area (Å²) in [6.45, 7) is 3.07. The fourth-order valence-corrected chi connectivity index (χ4v) is 5.01. The zero-order chi connectivity index (χ0) is 24.2. The van der Waals surface area contributed by atoms with E-state index in [1.165, 1.54) is 11.3 Å². The molecule has 5 heteroatoms. The zero-order valence-corrected chi connectivity index (χ0v) is 20.1. The maximum absolute atomic E-state index is 13.0. The Kier molecular flexibility index (Phi) is 6.68. The van der Waals surface area contributed by atoms with Crippen molar-refractivity contribution in [2.45, 2.75) is 25.9 Å². The summed E-state index contributed by atoms with van der Waals surface area (Å²) in [5.74, 6) is 0.287. The molecule has 5 nitrogen and oxygen atoms in total. The third-order valence-electron chi connectivity index (χ3n) is 6.83. The van der Waals surface area contributed by atoms with Crippen LogP contribution in [0.15, 0.2) is 78.9 Å². The minimum Gasteiger partial charge on any atom is -0.508 e. The molecule has 0 bridgehead atoms. The predicted octanol–water partition coefficient (Wildman–Crippen LogP) is 5.28. The van der Waals surface area contributed by atoms with Crippen molar-refractivity contribution in [1.82, 2.24) is 14.8 Å². The highest BCUT2D eigenvalue weighted by Gasteiger charge is 2.24. The molecule has 1 aromatic heterocycles. The van der Waals surface area contributed by atoms with Crippen LogP contribution in [0.3, 0.4) is 0 Å². The third kappa shape index (κ3) is 5.00. The van der Waals surface area contributed by atoms with Crippen molar-refractivity contribution in [2.75, 3.05) is 13.1 Å². The fourth-order valence-electron chi connectivity index (χ4n) is 5.01. The molecule has 178 valence electrons. The molecular formula is C30H31N3O2. The third-order valence-corrected chi connectivity index (χ3v) is 6.83. The SMILES string of the molecule is Cn1c2c(c3cc(O)ccc31)CCN(Cc1ccccc1C(=O)NCC/C=C/c1ccccc1)C2. The molecular weight excluding hydrogens is 434 g/mol. The number of hydrogen-bond acceptors (Lipinski definition) is 3. The topological polar surface area (TPSA) is 57.5 Å². The lowest BCUT2D eigenvalue weighted by atomic mass is 10.0. The number of aromatic nitrogens is 1. The molecule has 0 saturated heterocycles. The number of nitrogens with zero attached hydrogens (tertiary/aromatic N) is 2. The van der Waals surface area contributed by atoms with Gasteiger partial charge in [-0.25, -0.2) is 0 Å². The highest BCUT2D eigenvalue weighted by atomic mass is 16.3. The quantitative estimate of drug-likeness (QED) is 0.365. The molecule has 0 spiro atoms. The summed E-state index contributed by atoms with van der Waals surface area (Å²) in [6, 6.07) is 23.7. The van der Waals surface area contributed by atoms with Gasteiger partial charge in [0.25, 0.3) is 5.91 Å². The second-order valence-electron chi connectivity index (χ2n) is 9.16. The van der Waals surface area contributed by atoms with Crippen molar-refractivity contribution in [3.63, 3.8) is 0 Å². The zero-order valence-electron chi connectivity index (χ0n) is 20.1. The molecule has 1 aliphatic rings. The summed E-state index contributed by atoms with van der Waals surface area (Å²) in [7, 11) is 2.09. The molecule has 0 fully saturated rings. The standard InChI is InChI=1S/C30H31N3O2/c1-32-28-15-14-24(34)19-27(28)26-16-18-33(21-29(26)32)20-23-12-5-6-13-25(23)30(35)31-17-8-7-11-22-9-3-2-4-10-22/h2-7,9-15,19,34H,8,16-18,20-21H2,1H3,(H,31,35)/b11-7+. The van der Waals surface area contributed by atoms with Gasteiger partial charge in [-0.1, -0.05) is 60.7 Å². The summed E-state index contributed by atoms with van der Waals surface area (Å²) >= 11 is 0. The van der Waals surface area contributed by atoms with Gasteiger partial charge in [-0.2, -0.15) is 0 Å². The average Bonchev–Trinajstić information content (AvgIpc) is 3.15. The van der Waals surface area contributed by atoms with Crippen molar-refractivity contribution in [1.29, 1.82) is 0 Å². The molecule has 3 aromatic carbocycles. The summed E-state index contributed by atoms with van der Waals surface area (Å²) in [5, 5.41) is 14.2. The van der Waals surface area contributed by atoms with Gasteiger partial charge in [-0.05, 0) is 53.8 Å². The van der Waals surface area contributed by atoms with Crippen LogP contribution in [0, 0.1) is 0 Å². The number of phenols is 1. The monoisotopic (exact) mass is 465 g/mol. The van der Waals surface area contributed by atoms with Crippen LogP contribution in [-0.4, -0.2) is 33.6 Å². The van der Waals surface area contributed by atoms with Crippen LogP contribution in [0.1, 0.15) is 39.2 Å². The Hall–Kier alpha value is -3.83. The highest BCUT2D eigenvalue weighted by Crippen LogP contribution is 2.32. The van der Waals surface area contributed by atoms with Crippen molar-refractivity contribution in [2.24, 2.45) is 7.05 Å². The van der Waals surface area contributed by atoms with Gasteiger partial charge in [0.2, 0.25) is 0 Å². The first-order valence-corrected chi connectivity index (χ1v) is 12.2. The normalized spacial score (nSPS) is 13.9. The molecule has 4 aromatic rings. The second kappa shape index (κ2) is 10.2. The first-order chi connectivity index (χ1) is 17.1. The highest BCUT2D eigenvalue weighted by molar-refractivity contribution is 5.95. The maximum Gasteiger partial charge on any atom is 0.251 e. The van der Waals surface area contributed by atoms with Crippen LogP contribution in [0.25, 0.3) is 17.0 Å². The number of benzene rings is 3. The van der Waals surface area contributed by atoms with Gasteiger partial charge in [-0.15, -0.1) is 0 Å². The Balaban J connectivity index is 1.23. The number of hydrogen-bond donors (Lipinski definition) is 2. The van der Waals surface area contributed by atoms with Crippen LogP contribution in [0.4, 0.5) is 0 Å². The number of aryl methyl sites for hydroxylation is 1. The minimum atomic E-state index is -0.0218. The number of carbonyl (C=O) groups is 1. The van der Waals surface area contributed by atoms with E-state index in [0.717, 1.165) is 60.1 Å².